The molecule has 1 atom stereocenters. The minimum Gasteiger partial charge on any atom is -0.466 e. The number of allylic oxidation sites excluding steroid dienone is 4. The number of aromatic nitrogens is 1. The average molecular weight is 408 g/mol. The number of fused-ring (bicyclic) bond motifs is 3. The van der Waals surface area contributed by atoms with Crippen LogP contribution in [0.15, 0.2) is 54.8 Å². The molecule has 0 amide bonds. The van der Waals surface area contributed by atoms with Gasteiger partial charge >= 0.3 is 5.97 Å². The van der Waals surface area contributed by atoms with Crippen molar-refractivity contribution in [3.05, 3.63) is 71.6 Å². The van der Waals surface area contributed by atoms with E-state index in [0.29, 0.717) is 19.6 Å². The van der Waals surface area contributed by atoms with Crippen molar-refractivity contribution >= 4 is 16.9 Å². The summed E-state index contributed by atoms with van der Waals surface area (Å²) in [6, 6.07) is 6.65. The van der Waals surface area contributed by atoms with Crippen LogP contribution >= 0.6 is 0 Å². The lowest BCUT2D eigenvalue weighted by atomic mass is 9.94. The fourth-order valence-corrected chi connectivity index (χ4v) is 4.41. The van der Waals surface area contributed by atoms with E-state index in [2.05, 4.69) is 48.2 Å². The summed E-state index contributed by atoms with van der Waals surface area (Å²) >= 11 is 0. The molecule has 0 aliphatic carbocycles. The third-order valence-corrected chi connectivity index (χ3v) is 5.79. The number of carbonyl (C=O) groups excluding carboxylic acids is 1. The van der Waals surface area contributed by atoms with Crippen molar-refractivity contribution in [2.75, 3.05) is 20.2 Å². The first kappa shape index (κ1) is 21.9. The van der Waals surface area contributed by atoms with Crippen LogP contribution in [0.3, 0.4) is 0 Å². The van der Waals surface area contributed by atoms with E-state index in [1.807, 2.05) is 19.1 Å². The molecular weight excluding hydrogens is 374 g/mol. The minimum atomic E-state index is -0.191. The van der Waals surface area contributed by atoms with Crippen molar-refractivity contribution in [1.82, 2.24) is 9.47 Å². The first-order valence-electron chi connectivity index (χ1n) is 10.6. The fraction of sp³-hybridized carbons (Fsp3) is 0.400. The van der Waals surface area contributed by atoms with Crippen molar-refractivity contribution in [2.24, 2.45) is 11.7 Å². The molecule has 0 bridgehead atoms. The summed E-state index contributed by atoms with van der Waals surface area (Å²) in [4.78, 5) is 14.8. The zero-order valence-electron chi connectivity index (χ0n) is 18.4. The number of benzene rings is 1. The SMILES string of the molecule is C=C/C=C(\C=C/N)C(CC(=O)OCC)Cn1c2c(c3cc(C)ccc31)CN(C)CC2. The second kappa shape index (κ2) is 9.81. The Bertz CT molecular complexity index is 984. The Kier molecular flexibility index (Phi) is 7.16. The molecule has 3 rings (SSSR count). The highest BCUT2D eigenvalue weighted by Gasteiger charge is 2.26. The monoisotopic (exact) mass is 407 g/mol. The summed E-state index contributed by atoms with van der Waals surface area (Å²) in [5.41, 5.74) is 12.0. The third kappa shape index (κ3) is 4.68. The van der Waals surface area contributed by atoms with Crippen molar-refractivity contribution < 1.29 is 9.53 Å². The summed E-state index contributed by atoms with van der Waals surface area (Å²) in [7, 11) is 2.17. The molecule has 30 heavy (non-hydrogen) atoms. The molecule has 0 spiro atoms. The number of hydrogen-bond donors (Lipinski definition) is 1. The molecule has 1 aromatic heterocycles. The topological polar surface area (TPSA) is 60.5 Å². The molecule has 1 aromatic carbocycles. The van der Waals surface area contributed by atoms with E-state index in [9.17, 15) is 4.79 Å². The van der Waals surface area contributed by atoms with Gasteiger partial charge in [-0.1, -0.05) is 30.4 Å². The summed E-state index contributed by atoms with van der Waals surface area (Å²) < 4.78 is 7.67. The van der Waals surface area contributed by atoms with E-state index in [1.165, 1.54) is 33.9 Å². The zero-order chi connectivity index (χ0) is 21.7. The molecule has 2 aromatic rings. The maximum atomic E-state index is 12.4. The van der Waals surface area contributed by atoms with Gasteiger partial charge in [0.15, 0.2) is 0 Å². The molecule has 2 heterocycles. The minimum absolute atomic E-state index is 0.0532. The number of aryl methyl sites for hydroxylation is 1. The molecule has 0 radical (unpaired) electrons. The highest BCUT2D eigenvalue weighted by Crippen LogP contribution is 2.33. The molecular formula is C25H33N3O2. The van der Waals surface area contributed by atoms with Gasteiger partial charge in [0.05, 0.1) is 13.0 Å². The molecule has 5 heteroatoms. The maximum absolute atomic E-state index is 12.4. The van der Waals surface area contributed by atoms with Gasteiger partial charge in [0.25, 0.3) is 0 Å². The van der Waals surface area contributed by atoms with Gasteiger partial charge in [0.1, 0.15) is 0 Å². The van der Waals surface area contributed by atoms with Gasteiger partial charge in [-0.05, 0) is 56.4 Å². The van der Waals surface area contributed by atoms with Gasteiger partial charge in [-0.15, -0.1) is 0 Å². The lowest BCUT2D eigenvalue weighted by Crippen LogP contribution is -2.28. The average Bonchev–Trinajstić information content (AvgIpc) is 2.99. The second-order valence-electron chi connectivity index (χ2n) is 8.01. The maximum Gasteiger partial charge on any atom is 0.306 e. The van der Waals surface area contributed by atoms with Gasteiger partial charge in [-0.2, -0.15) is 0 Å². The zero-order valence-corrected chi connectivity index (χ0v) is 18.4. The van der Waals surface area contributed by atoms with Crippen molar-refractivity contribution in [1.29, 1.82) is 0 Å². The Hall–Kier alpha value is -2.79. The van der Waals surface area contributed by atoms with Gasteiger partial charge < -0.3 is 19.9 Å². The molecule has 0 fully saturated rings. The van der Waals surface area contributed by atoms with Crippen LogP contribution in [0, 0.1) is 12.8 Å². The molecule has 5 nitrogen and oxygen atoms in total. The molecule has 1 aliphatic rings. The summed E-state index contributed by atoms with van der Waals surface area (Å²) in [5, 5.41) is 1.31. The lowest BCUT2D eigenvalue weighted by molar-refractivity contribution is -0.144. The van der Waals surface area contributed by atoms with Crippen molar-refractivity contribution in [2.45, 2.75) is 39.8 Å². The van der Waals surface area contributed by atoms with Gasteiger partial charge in [-0.25, -0.2) is 0 Å². The summed E-state index contributed by atoms with van der Waals surface area (Å²) in [6.45, 7) is 10.9. The van der Waals surface area contributed by atoms with Crippen LogP contribution in [0.25, 0.3) is 10.9 Å². The molecule has 0 saturated heterocycles. The number of nitrogens with two attached hydrogens (primary N) is 1. The van der Waals surface area contributed by atoms with Crippen LogP contribution in [-0.4, -0.2) is 35.6 Å². The van der Waals surface area contributed by atoms with E-state index in [0.717, 1.165) is 25.1 Å². The number of likely N-dealkylation sites (N-methyl/N-ethyl adjacent to an activating group) is 1. The Morgan fingerprint density at radius 3 is 2.90 bits per heavy atom. The first-order chi connectivity index (χ1) is 14.5. The number of nitrogens with zero attached hydrogens (tertiary/aromatic N) is 2. The van der Waals surface area contributed by atoms with Gasteiger partial charge in [-0.3, -0.25) is 4.79 Å². The Balaban J connectivity index is 2.08. The fourth-order valence-electron chi connectivity index (χ4n) is 4.41. The number of hydrogen-bond acceptors (Lipinski definition) is 4. The van der Waals surface area contributed by atoms with Crippen LogP contribution in [0.1, 0.15) is 30.2 Å². The van der Waals surface area contributed by atoms with E-state index in [1.54, 1.807) is 6.08 Å². The van der Waals surface area contributed by atoms with Crippen LogP contribution in [0.2, 0.25) is 0 Å². The van der Waals surface area contributed by atoms with Gasteiger partial charge in [0, 0.05) is 48.6 Å². The molecule has 1 unspecified atom stereocenters. The predicted molar refractivity (Wildman–Crippen MR) is 123 cm³/mol. The second-order valence-corrected chi connectivity index (χ2v) is 8.01. The van der Waals surface area contributed by atoms with Crippen LogP contribution < -0.4 is 5.73 Å². The summed E-state index contributed by atoms with van der Waals surface area (Å²) in [5.74, 6) is -0.244. The molecule has 0 saturated carbocycles. The largest absolute Gasteiger partial charge is 0.466 e. The standard InChI is InChI=1S/C25H33N3O2/c1-5-7-19(10-12-26)20(15-25(29)30-6-2)16-28-23-9-8-18(3)14-21(23)22-17-27(4)13-11-24(22)28/h5,7-10,12,14,20H,1,6,11,13,15-17,26H2,2-4H3/b12-10-,19-7+. The quantitative estimate of drug-likeness (QED) is 0.529. The normalized spacial score (nSPS) is 16.0. The van der Waals surface area contributed by atoms with E-state index in [4.69, 9.17) is 10.5 Å². The number of carbonyl (C=O) groups is 1. The van der Waals surface area contributed by atoms with E-state index >= 15 is 0 Å². The summed E-state index contributed by atoms with van der Waals surface area (Å²) in [6.07, 6.45) is 8.37. The molecule has 160 valence electrons. The Morgan fingerprint density at radius 1 is 1.40 bits per heavy atom. The van der Waals surface area contributed by atoms with Crippen LogP contribution in [0.5, 0.6) is 0 Å². The van der Waals surface area contributed by atoms with Crippen LogP contribution in [0.4, 0.5) is 0 Å². The number of esters is 1. The first-order valence-corrected chi connectivity index (χ1v) is 10.6. The highest BCUT2D eigenvalue weighted by molar-refractivity contribution is 5.86. The van der Waals surface area contributed by atoms with E-state index in [-0.39, 0.29) is 11.9 Å². The van der Waals surface area contributed by atoms with Crippen molar-refractivity contribution in [3.63, 3.8) is 0 Å². The molecule has 2 N–H and O–H groups in total. The Morgan fingerprint density at radius 2 is 2.20 bits per heavy atom. The van der Waals surface area contributed by atoms with Gasteiger partial charge in [0.2, 0.25) is 0 Å². The smallest absolute Gasteiger partial charge is 0.306 e. The number of rotatable bonds is 8. The lowest BCUT2D eigenvalue weighted by Gasteiger charge is -2.26. The molecule has 1 aliphatic heterocycles. The number of ether oxygens (including phenoxy) is 1. The third-order valence-electron chi connectivity index (χ3n) is 5.79. The van der Waals surface area contributed by atoms with Crippen LogP contribution in [-0.2, 0) is 29.0 Å². The Labute approximate surface area is 179 Å². The van der Waals surface area contributed by atoms with Crippen molar-refractivity contribution in [3.8, 4) is 0 Å². The predicted octanol–water partition coefficient (Wildman–Crippen LogP) is 4.09. The van der Waals surface area contributed by atoms with E-state index < -0.39 is 0 Å². The highest BCUT2D eigenvalue weighted by atomic mass is 16.5.